The van der Waals surface area contributed by atoms with E-state index in [1.54, 1.807) is 6.92 Å². The summed E-state index contributed by atoms with van der Waals surface area (Å²) in [4.78, 5) is 12.2. The molecule has 0 aliphatic carbocycles. The van der Waals surface area contributed by atoms with Gasteiger partial charge < -0.3 is 4.74 Å². The Hall–Kier alpha value is -3.59. The number of hydrogen-bond acceptors (Lipinski definition) is 4. The highest BCUT2D eigenvalue weighted by atomic mass is 16.5. The number of rotatable bonds is 4. The lowest BCUT2D eigenvalue weighted by atomic mass is 10.2. The Morgan fingerprint density at radius 2 is 1.80 bits per heavy atom. The summed E-state index contributed by atoms with van der Waals surface area (Å²) in [6.45, 7) is 1.90. The quantitative estimate of drug-likeness (QED) is 0.788. The lowest BCUT2D eigenvalue weighted by molar-refractivity contribution is 0.155. The van der Waals surface area contributed by atoms with Crippen LogP contribution >= 0.6 is 0 Å². The van der Waals surface area contributed by atoms with Gasteiger partial charge in [-0.1, -0.05) is 48.5 Å². The first-order chi connectivity index (χ1) is 12.2. The Morgan fingerprint density at radius 3 is 2.44 bits per heavy atom. The number of hydrogen-bond donors (Lipinski definition) is 1. The maximum Gasteiger partial charge on any atom is 0.413 e. The SMILES string of the molecule is Cc1c(C#N)nn(-c2ccccc2)c1NC(=O)OCc1ccccc1. The minimum atomic E-state index is -0.603. The molecule has 1 N–H and O–H groups in total. The molecule has 0 bridgehead atoms. The molecule has 0 radical (unpaired) electrons. The molecule has 124 valence electrons. The number of amides is 1. The van der Waals surface area contributed by atoms with E-state index in [2.05, 4.69) is 10.4 Å². The highest BCUT2D eigenvalue weighted by molar-refractivity contribution is 5.85. The minimum absolute atomic E-state index is 0.163. The number of nitrogens with one attached hydrogen (secondary N) is 1. The summed E-state index contributed by atoms with van der Waals surface area (Å²) >= 11 is 0. The highest BCUT2D eigenvalue weighted by Gasteiger charge is 2.18. The van der Waals surface area contributed by atoms with Gasteiger partial charge in [0.1, 0.15) is 18.5 Å². The van der Waals surface area contributed by atoms with Crippen molar-refractivity contribution in [3.05, 3.63) is 77.5 Å². The number of benzene rings is 2. The van der Waals surface area contributed by atoms with Gasteiger partial charge in [0.15, 0.2) is 5.69 Å². The molecule has 0 unspecified atom stereocenters. The summed E-state index contributed by atoms with van der Waals surface area (Å²) in [7, 11) is 0. The van der Waals surface area contributed by atoms with Gasteiger partial charge in [0.25, 0.3) is 0 Å². The van der Waals surface area contributed by atoms with Crippen molar-refractivity contribution < 1.29 is 9.53 Å². The number of anilines is 1. The molecule has 25 heavy (non-hydrogen) atoms. The van der Waals surface area contributed by atoms with Crippen molar-refractivity contribution >= 4 is 11.9 Å². The molecule has 2 aromatic carbocycles. The summed E-state index contributed by atoms with van der Waals surface area (Å²) in [6.07, 6.45) is -0.603. The molecule has 1 heterocycles. The van der Waals surface area contributed by atoms with Gasteiger partial charge in [-0.15, -0.1) is 0 Å². The molecule has 0 spiro atoms. The van der Waals surface area contributed by atoms with Gasteiger partial charge in [-0.05, 0) is 24.6 Å². The van der Waals surface area contributed by atoms with Gasteiger partial charge in [0, 0.05) is 5.56 Å². The average Bonchev–Trinajstić information content (AvgIpc) is 2.97. The predicted molar refractivity (Wildman–Crippen MR) is 93.3 cm³/mol. The van der Waals surface area contributed by atoms with E-state index in [1.165, 1.54) is 4.68 Å². The lowest BCUT2D eigenvalue weighted by Crippen LogP contribution is -2.17. The second-order valence-corrected chi connectivity index (χ2v) is 5.37. The fourth-order valence-corrected chi connectivity index (χ4v) is 2.36. The van der Waals surface area contributed by atoms with Crippen LogP contribution in [-0.2, 0) is 11.3 Å². The molecule has 0 aliphatic heterocycles. The Labute approximate surface area is 145 Å². The van der Waals surface area contributed by atoms with Crippen LogP contribution in [0.1, 0.15) is 16.8 Å². The fraction of sp³-hybridized carbons (Fsp3) is 0.105. The number of carbonyl (C=O) groups is 1. The molecule has 0 saturated heterocycles. The van der Waals surface area contributed by atoms with E-state index in [9.17, 15) is 10.1 Å². The van der Waals surface area contributed by atoms with Crippen molar-refractivity contribution in [1.29, 1.82) is 5.26 Å². The van der Waals surface area contributed by atoms with Crippen molar-refractivity contribution in [2.75, 3.05) is 5.32 Å². The zero-order valence-corrected chi connectivity index (χ0v) is 13.6. The van der Waals surface area contributed by atoms with Gasteiger partial charge in [0.2, 0.25) is 0 Å². The average molecular weight is 332 g/mol. The third-order valence-corrected chi connectivity index (χ3v) is 3.66. The Bertz CT molecular complexity index is 912. The van der Waals surface area contributed by atoms with Gasteiger partial charge in [0.05, 0.1) is 5.69 Å². The molecular formula is C19H16N4O2. The molecule has 3 aromatic rings. The molecule has 0 saturated carbocycles. The van der Waals surface area contributed by atoms with Crippen molar-refractivity contribution in [2.45, 2.75) is 13.5 Å². The topological polar surface area (TPSA) is 79.9 Å². The van der Waals surface area contributed by atoms with Crippen molar-refractivity contribution in [1.82, 2.24) is 9.78 Å². The number of carbonyl (C=O) groups excluding carboxylic acids is 1. The molecule has 1 aromatic heterocycles. The van der Waals surface area contributed by atoms with Crippen LogP contribution in [0.2, 0.25) is 0 Å². The number of para-hydroxylation sites is 1. The maximum absolute atomic E-state index is 12.2. The molecule has 0 aliphatic rings. The van der Waals surface area contributed by atoms with Crippen molar-refractivity contribution in [2.24, 2.45) is 0 Å². The monoisotopic (exact) mass is 332 g/mol. The van der Waals surface area contributed by atoms with Crippen LogP contribution in [0, 0.1) is 18.3 Å². The molecule has 0 atom stereocenters. The first-order valence-corrected chi connectivity index (χ1v) is 7.72. The Balaban J connectivity index is 1.80. The van der Waals surface area contributed by atoms with Gasteiger partial charge >= 0.3 is 6.09 Å². The summed E-state index contributed by atoms with van der Waals surface area (Å²) < 4.78 is 6.77. The zero-order chi connectivity index (χ0) is 17.6. The van der Waals surface area contributed by atoms with E-state index in [-0.39, 0.29) is 12.3 Å². The second kappa shape index (κ2) is 7.32. The van der Waals surface area contributed by atoms with E-state index in [0.717, 1.165) is 11.3 Å². The van der Waals surface area contributed by atoms with E-state index in [0.29, 0.717) is 11.4 Å². The van der Waals surface area contributed by atoms with Crippen LogP contribution in [0.5, 0.6) is 0 Å². The first kappa shape index (κ1) is 16.3. The third kappa shape index (κ3) is 3.67. The van der Waals surface area contributed by atoms with Crippen molar-refractivity contribution in [3.63, 3.8) is 0 Å². The molecule has 1 amide bonds. The maximum atomic E-state index is 12.2. The standard InChI is InChI=1S/C19H16N4O2/c1-14-17(12-20)22-23(16-10-6-3-7-11-16)18(14)21-19(24)25-13-15-8-4-2-5-9-15/h2-11H,13H2,1H3,(H,21,24). The van der Waals surface area contributed by atoms with E-state index < -0.39 is 6.09 Å². The van der Waals surface area contributed by atoms with E-state index in [1.807, 2.05) is 66.7 Å². The zero-order valence-electron chi connectivity index (χ0n) is 13.6. The van der Waals surface area contributed by atoms with E-state index >= 15 is 0 Å². The van der Waals surface area contributed by atoms with E-state index in [4.69, 9.17) is 4.74 Å². The number of aromatic nitrogens is 2. The Kier molecular flexibility index (Phi) is 4.77. The largest absolute Gasteiger partial charge is 0.444 e. The van der Waals surface area contributed by atoms with Crippen LogP contribution in [0.3, 0.4) is 0 Å². The summed E-state index contributed by atoms with van der Waals surface area (Å²) in [5.41, 5.74) is 2.47. The van der Waals surface area contributed by atoms with Gasteiger partial charge in [-0.25, -0.2) is 9.48 Å². The first-order valence-electron chi connectivity index (χ1n) is 7.72. The smallest absolute Gasteiger partial charge is 0.413 e. The molecule has 6 heteroatoms. The number of ether oxygens (including phenoxy) is 1. The van der Waals surface area contributed by atoms with Crippen LogP contribution < -0.4 is 5.32 Å². The Morgan fingerprint density at radius 1 is 1.16 bits per heavy atom. The van der Waals surface area contributed by atoms with Crippen LogP contribution in [0.4, 0.5) is 10.6 Å². The fourth-order valence-electron chi connectivity index (χ4n) is 2.36. The number of nitriles is 1. The highest BCUT2D eigenvalue weighted by Crippen LogP contribution is 2.23. The summed E-state index contributed by atoms with van der Waals surface area (Å²) in [5.74, 6) is 0.417. The van der Waals surface area contributed by atoms with Crippen LogP contribution in [-0.4, -0.2) is 15.9 Å². The predicted octanol–water partition coefficient (Wildman–Crippen LogP) is 3.80. The molecule has 3 rings (SSSR count). The lowest BCUT2D eigenvalue weighted by Gasteiger charge is -2.10. The molecular weight excluding hydrogens is 316 g/mol. The molecule has 6 nitrogen and oxygen atoms in total. The summed E-state index contributed by atoms with van der Waals surface area (Å²) in [6, 6.07) is 20.7. The van der Waals surface area contributed by atoms with Crippen LogP contribution in [0.15, 0.2) is 60.7 Å². The summed E-state index contributed by atoms with van der Waals surface area (Å²) in [5, 5.41) is 16.2. The second-order valence-electron chi connectivity index (χ2n) is 5.37. The third-order valence-electron chi connectivity index (χ3n) is 3.66. The minimum Gasteiger partial charge on any atom is -0.444 e. The van der Waals surface area contributed by atoms with Crippen molar-refractivity contribution in [3.8, 4) is 11.8 Å². The van der Waals surface area contributed by atoms with Gasteiger partial charge in [-0.2, -0.15) is 10.4 Å². The van der Waals surface area contributed by atoms with Gasteiger partial charge in [-0.3, -0.25) is 5.32 Å². The van der Waals surface area contributed by atoms with Crippen LogP contribution in [0.25, 0.3) is 5.69 Å². The molecule has 0 fully saturated rings. The number of nitrogens with zero attached hydrogens (tertiary/aromatic N) is 3. The normalized spacial score (nSPS) is 10.1.